The predicted octanol–water partition coefficient (Wildman–Crippen LogP) is 1.95. The zero-order valence-corrected chi connectivity index (χ0v) is 13.0. The van der Waals surface area contributed by atoms with Gasteiger partial charge >= 0.3 is 0 Å². The lowest BCUT2D eigenvalue weighted by molar-refractivity contribution is -0.907. The van der Waals surface area contributed by atoms with Crippen molar-refractivity contribution in [2.45, 2.75) is 40.0 Å². The van der Waals surface area contributed by atoms with E-state index >= 15 is 0 Å². The summed E-state index contributed by atoms with van der Waals surface area (Å²) in [7, 11) is 0. The molecule has 0 radical (unpaired) electrons. The first kappa shape index (κ1) is 15.0. The summed E-state index contributed by atoms with van der Waals surface area (Å²) in [4.78, 5) is 13.6. The molecule has 0 saturated carbocycles. The molecular formula is C17H27N2O+. The van der Waals surface area contributed by atoms with Gasteiger partial charge in [0.1, 0.15) is 0 Å². The summed E-state index contributed by atoms with van der Waals surface area (Å²) in [5.41, 5.74) is 3.40. The number of anilines is 1. The van der Waals surface area contributed by atoms with Gasteiger partial charge in [-0.05, 0) is 49.9 Å². The highest BCUT2D eigenvalue weighted by Gasteiger charge is 2.20. The minimum atomic E-state index is 0.138. The molecule has 1 aliphatic heterocycles. The maximum atomic E-state index is 12.0. The Kier molecular flexibility index (Phi) is 5.18. The summed E-state index contributed by atoms with van der Waals surface area (Å²) in [6.07, 6.45) is 3.27. The van der Waals surface area contributed by atoms with Crippen molar-refractivity contribution in [3.05, 3.63) is 29.3 Å². The molecule has 0 bridgehead atoms. The number of amides is 1. The van der Waals surface area contributed by atoms with Gasteiger partial charge in [0.15, 0.2) is 0 Å². The van der Waals surface area contributed by atoms with Crippen LogP contribution in [0.4, 0.5) is 5.69 Å². The highest BCUT2D eigenvalue weighted by atomic mass is 16.1. The molecule has 2 atom stereocenters. The van der Waals surface area contributed by atoms with Gasteiger partial charge in [0.2, 0.25) is 5.91 Å². The second-order valence-electron chi connectivity index (χ2n) is 6.30. The third-order valence-electron chi connectivity index (χ3n) is 4.36. The SMILES string of the molecule is Cc1ccc(NC(=O)CC[NH+]2CCCC(C)C2)cc1C. The Labute approximate surface area is 122 Å². The van der Waals surface area contributed by atoms with Crippen LogP contribution in [-0.4, -0.2) is 25.5 Å². The smallest absolute Gasteiger partial charge is 0.230 e. The zero-order valence-electron chi connectivity index (χ0n) is 13.0. The number of carbonyl (C=O) groups excluding carboxylic acids is 1. The topological polar surface area (TPSA) is 33.5 Å². The Balaban J connectivity index is 1.78. The number of piperidine rings is 1. The Morgan fingerprint density at radius 2 is 2.15 bits per heavy atom. The van der Waals surface area contributed by atoms with Crippen molar-refractivity contribution in [1.29, 1.82) is 0 Å². The lowest BCUT2D eigenvalue weighted by Gasteiger charge is -2.27. The highest BCUT2D eigenvalue weighted by Crippen LogP contribution is 2.14. The van der Waals surface area contributed by atoms with Gasteiger partial charge in [-0.3, -0.25) is 4.79 Å². The Hall–Kier alpha value is -1.35. The van der Waals surface area contributed by atoms with Crippen molar-refractivity contribution in [2.24, 2.45) is 5.92 Å². The van der Waals surface area contributed by atoms with Gasteiger partial charge in [0.05, 0.1) is 26.1 Å². The van der Waals surface area contributed by atoms with Crippen molar-refractivity contribution in [3.8, 4) is 0 Å². The second kappa shape index (κ2) is 6.89. The number of hydrogen-bond donors (Lipinski definition) is 2. The monoisotopic (exact) mass is 275 g/mol. The number of likely N-dealkylation sites (tertiary alicyclic amines) is 1. The van der Waals surface area contributed by atoms with Crippen LogP contribution in [0.2, 0.25) is 0 Å². The van der Waals surface area contributed by atoms with Crippen molar-refractivity contribution in [3.63, 3.8) is 0 Å². The largest absolute Gasteiger partial charge is 0.334 e. The third-order valence-corrected chi connectivity index (χ3v) is 4.36. The standard InChI is InChI=1S/C17H26N2O/c1-13-5-4-9-19(12-13)10-8-17(20)18-16-7-6-14(2)15(3)11-16/h6-7,11,13H,4-5,8-10,12H2,1-3H3,(H,18,20)/p+1. The molecule has 20 heavy (non-hydrogen) atoms. The van der Waals surface area contributed by atoms with Crippen molar-refractivity contribution in [2.75, 3.05) is 25.0 Å². The van der Waals surface area contributed by atoms with Crippen LogP contribution in [0, 0.1) is 19.8 Å². The van der Waals surface area contributed by atoms with Crippen LogP contribution in [0.15, 0.2) is 18.2 Å². The van der Waals surface area contributed by atoms with Crippen LogP contribution >= 0.6 is 0 Å². The van der Waals surface area contributed by atoms with E-state index in [2.05, 4.69) is 32.2 Å². The molecule has 1 aromatic carbocycles. The number of carbonyl (C=O) groups is 1. The van der Waals surface area contributed by atoms with Gasteiger partial charge in [0, 0.05) is 11.6 Å². The molecule has 2 unspecified atom stereocenters. The maximum absolute atomic E-state index is 12.0. The molecule has 1 saturated heterocycles. The van der Waals surface area contributed by atoms with Crippen LogP contribution in [0.3, 0.4) is 0 Å². The lowest BCUT2D eigenvalue weighted by Crippen LogP contribution is -3.13. The fourth-order valence-electron chi connectivity index (χ4n) is 2.96. The van der Waals surface area contributed by atoms with E-state index in [1.807, 2.05) is 12.1 Å². The minimum Gasteiger partial charge on any atom is -0.334 e. The molecular weight excluding hydrogens is 248 g/mol. The quantitative estimate of drug-likeness (QED) is 0.865. The molecule has 110 valence electrons. The summed E-state index contributed by atoms with van der Waals surface area (Å²) in [5.74, 6) is 0.945. The number of nitrogens with one attached hydrogen (secondary N) is 2. The van der Waals surface area contributed by atoms with E-state index in [1.165, 1.54) is 37.1 Å². The van der Waals surface area contributed by atoms with Gasteiger partial charge in [-0.25, -0.2) is 0 Å². The summed E-state index contributed by atoms with van der Waals surface area (Å²) in [6.45, 7) is 9.87. The van der Waals surface area contributed by atoms with Crippen LogP contribution in [-0.2, 0) is 4.79 Å². The average molecular weight is 275 g/mol. The van der Waals surface area contributed by atoms with E-state index in [-0.39, 0.29) is 5.91 Å². The third kappa shape index (κ3) is 4.34. The predicted molar refractivity (Wildman–Crippen MR) is 83.1 cm³/mol. The highest BCUT2D eigenvalue weighted by molar-refractivity contribution is 5.90. The first-order valence-electron chi connectivity index (χ1n) is 7.75. The lowest BCUT2D eigenvalue weighted by atomic mass is 10.0. The van der Waals surface area contributed by atoms with Crippen molar-refractivity contribution < 1.29 is 9.69 Å². The molecule has 1 heterocycles. The van der Waals surface area contributed by atoms with Gasteiger partial charge in [-0.2, -0.15) is 0 Å². The first-order valence-corrected chi connectivity index (χ1v) is 7.75. The van der Waals surface area contributed by atoms with E-state index < -0.39 is 0 Å². The number of benzene rings is 1. The molecule has 0 aromatic heterocycles. The van der Waals surface area contributed by atoms with E-state index in [1.54, 1.807) is 4.90 Å². The molecule has 2 N–H and O–H groups in total. The van der Waals surface area contributed by atoms with E-state index in [4.69, 9.17) is 0 Å². The number of quaternary nitrogens is 1. The molecule has 0 spiro atoms. The van der Waals surface area contributed by atoms with Crippen LogP contribution < -0.4 is 10.2 Å². The summed E-state index contributed by atoms with van der Waals surface area (Å²) >= 11 is 0. The van der Waals surface area contributed by atoms with Crippen molar-refractivity contribution in [1.82, 2.24) is 0 Å². The fraction of sp³-hybridized carbons (Fsp3) is 0.588. The van der Waals surface area contributed by atoms with Crippen molar-refractivity contribution >= 4 is 11.6 Å². The maximum Gasteiger partial charge on any atom is 0.230 e. The summed E-state index contributed by atoms with van der Waals surface area (Å²) in [6, 6.07) is 6.08. The van der Waals surface area contributed by atoms with Crippen LogP contribution in [0.25, 0.3) is 0 Å². The Bertz CT molecular complexity index is 470. The fourth-order valence-corrected chi connectivity index (χ4v) is 2.96. The number of rotatable bonds is 4. The normalized spacial score (nSPS) is 22.6. The summed E-state index contributed by atoms with van der Waals surface area (Å²) < 4.78 is 0. The van der Waals surface area contributed by atoms with Crippen LogP contribution in [0.5, 0.6) is 0 Å². The number of hydrogen-bond acceptors (Lipinski definition) is 1. The molecule has 1 aliphatic rings. The molecule has 1 aromatic rings. The molecule has 3 nitrogen and oxygen atoms in total. The molecule has 1 fully saturated rings. The molecule has 3 heteroatoms. The van der Waals surface area contributed by atoms with E-state index in [0.717, 1.165) is 18.2 Å². The minimum absolute atomic E-state index is 0.138. The molecule has 2 rings (SSSR count). The zero-order chi connectivity index (χ0) is 14.5. The Morgan fingerprint density at radius 3 is 2.85 bits per heavy atom. The van der Waals surface area contributed by atoms with E-state index in [9.17, 15) is 4.79 Å². The number of aryl methyl sites for hydroxylation is 2. The summed E-state index contributed by atoms with van der Waals surface area (Å²) in [5, 5.41) is 3.01. The first-order chi connectivity index (χ1) is 9.54. The molecule has 0 aliphatic carbocycles. The Morgan fingerprint density at radius 1 is 1.35 bits per heavy atom. The average Bonchev–Trinajstić information content (AvgIpc) is 2.41. The van der Waals surface area contributed by atoms with E-state index in [0.29, 0.717) is 6.42 Å². The van der Waals surface area contributed by atoms with Gasteiger partial charge in [-0.15, -0.1) is 0 Å². The second-order valence-corrected chi connectivity index (χ2v) is 6.30. The van der Waals surface area contributed by atoms with Gasteiger partial charge in [0.25, 0.3) is 0 Å². The van der Waals surface area contributed by atoms with Gasteiger partial charge in [-0.1, -0.05) is 13.0 Å². The van der Waals surface area contributed by atoms with Crippen LogP contribution in [0.1, 0.15) is 37.3 Å². The van der Waals surface area contributed by atoms with Gasteiger partial charge < -0.3 is 10.2 Å². The molecule has 1 amide bonds.